The molecule has 0 fully saturated rings. The fourth-order valence-corrected chi connectivity index (χ4v) is 1.88. The smallest absolute Gasteiger partial charge is 0.314 e. The minimum atomic E-state index is -4.13. The molecule has 0 aliphatic rings. The molecule has 0 spiro atoms. The molecule has 0 bridgehead atoms. The molecule has 0 aromatic carbocycles. The summed E-state index contributed by atoms with van der Waals surface area (Å²) in [6.45, 7) is 12.2. The lowest BCUT2D eigenvalue weighted by Crippen LogP contribution is -2.48. The standard InChI is InChI=1S/C14H29F3N2/c1-7-13(6,8-18-11(2)3)9-19(12(4)5)10-14(15,16)17/h11-12,18H,7-10H2,1-6H3. The maximum atomic E-state index is 12.6. The number of hydrogen-bond acceptors (Lipinski definition) is 2. The average Bonchev–Trinajstić information content (AvgIpc) is 2.23. The van der Waals surface area contributed by atoms with Crippen LogP contribution in [0.5, 0.6) is 0 Å². The van der Waals surface area contributed by atoms with Gasteiger partial charge in [-0.05, 0) is 25.7 Å². The predicted molar refractivity (Wildman–Crippen MR) is 74.3 cm³/mol. The lowest BCUT2D eigenvalue weighted by Gasteiger charge is -2.38. The molecule has 0 aliphatic heterocycles. The third-order valence-corrected chi connectivity index (χ3v) is 3.49. The third kappa shape index (κ3) is 8.47. The quantitative estimate of drug-likeness (QED) is 0.730. The Morgan fingerprint density at radius 3 is 1.89 bits per heavy atom. The van der Waals surface area contributed by atoms with Crippen molar-refractivity contribution in [2.75, 3.05) is 19.6 Å². The van der Waals surface area contributed by atoms with Crippen molar-refractivity contribution >= 4 is 0 Å². The molecule has 0 aromatic rings. The number of halogens is 3. The first-order chi connectivity index (χ1) is 8.49. The van der Waals surface area contributed by atoms with Gasteiger partial charge in [0.25, 0.3) is 0 Å². The second-order valence-corrected chi connectivity index (χ2v) is 6.31. The van der Waals surface area contributed by atoms with Crippen molar-refractivity contribution in [3.8, 4) is 0 Å². The van der Waals surface area contributed by atoms with Gasteiger partial charge in [-0.3, -0.25) is 4.90 Å². The number of nitrogens with zero attached hydrogens (tertiary/aromatic N) is 1. The molecule has 1 atom stereocenters. The highest BCUT2D eigenvalue weighted by atomic mass is 19.4. The van der Waals surface area contributed by atoms with E-state index < -0.39 is 12.7 Å². The van der Waals surface area contributed by atoms with Crippen LogP contribution in [0.1, 0.15) is 48.0 Å². The van der Waals surface area contributed by atoms with Crippen molar-refractivity contribution in [3.05, 3.63) is 0 Å². The lowest BCUT2D eigenvalue weighted by molar-refractivity contribution is -0.153. The molecule has 0 saturated carbocycles. The molecular formula is C14H29F3N2. The van der Waals surface area contributed by atoms with Gasteiger partial charge in [0, 0.05) is 25.2 Å². The summed E-state index contributed by atoms with van der Waals surface area (Å²) in [4.78, 5) is 1.52. The average molecular weight is 282 g/mol. The molecular weight excluding hydrogens is 253 g/mol. The molecule has 19 heavy (non-hydrogen) atoms. The van der Waals surface area contributed by atoms with Gasteiger partial charge in [0.1, 0.15) is 0 Å². The van der Waals surface area contributed by atoms with Gasteiger partial charge in [-0.15, -0.1) is 0 Å². The van der Waals surface area contributed by atoms with Gasteiger partial charge in [0.05, 0.1) is 6.54 Å². The Hall–Kier alpha value is -0.290. The van der Waals surface area contributed by atoms with Gasteiger partial charge in [-0.1, -0.05) is 27.7 Å². The second-order valence-electron chi connectivity index (χ2n) is 6.31. The van der Waals surface area contributed by atoms with Crippen LogP contribution < -0.4 is 5.32 Å². The largest absolute Gasteiger partial charge is 0.401 e. The molecule has 1 unspecified atom stereocenters. The van der Waals surface area contributed by atoms with Crippen LogP contribution in [0, 0.1) is 5.41 Å². The fraction of sp³-hybridized carbons (Fsp3) is 1.00. The van der Waals surface area contributed by atoms with Crippen molar-refractivity contribution in [2.24, 2.45) is 5.41 Å². The summed E-state index contributed by atoms with van der Waals surface area (Å²) < 4.78 is 37.8. The van der Waals surface area contributed by atoms with Crippen LogP contribution in [-0.4, -0.2) is 42.8 Å². The summed E-state index contributed by atoms with van der Waals surface area (Å²) in [5, 5.41) is 3.34. The normalized spacial score (nSPS) is 16.4. The van der Waals surface area contributed by atoms with E-state index in [1.807, 2.05) is 41.5 Å². The molecule has 0 aliphatic carbocycles. The van der Waals surface area contributed by atoms with E-state index in [2.05, 4.69) is 5.32 Å². The van der Waals surface area contributed by atoms with Crippen LogP contribution in [-0.2, 0) is 0 Å². The van der Waals surface area contributed by atoms with Gasteiger partial charge in [0.15, 0.2) is 0 Å². The first kappa shape index (κ1) is 18.7. The molecule has 0 heterocycles. The van der Waals surface area contributed by atoms with E-state index in [-0.39, 0.29) is 11.5 Å². The molecule has 5 heteroatoms. The minimum absolute atomic E-state index is 0.105. The highest BCUT2D eigenvalue weighted by Gasteiger charge is 2.35. The molecule has 0 radical (unpaired) electrons. The molecule has 2 nitrogen and oxygen atoms in total. The molecule has 1 N–H and O–H groups in total. The summed E-state index contributed by atoms with van der Waals surface area (Å²) in [5.74, 6) is 0. The van der Waals surface area contributed by atoms with Crippen molar-refractivity contribution < 1.29 is 13.2 Å². The zero-order chi connectivity index (χ0) is 15.3. The summed E-state index contributed by atoms with van der Waals surface area (Å²) in [5.41, 5.74) is -0.139. The molecule has 0 aromatic heterocycles. The Bertz CT molecular complexity index is 252. The van der Waals surface area contributed by atoms with E-state index in [9.17, 15) is 13.2 Å². The SMILES string of the molecule is CCC(C)(CNC(C)C)CN(CC(F)(F)F)C(C)C. The van der Waals surface area contributed by atoms with E-state index in [0.717, 1.165) is 13.0 Å². The van der Waals surface area contributed by atoms with Crippen LogP contribution >= 0.6 is 0 Å². The lowest BCUT2D eigenvalue weighted by atomic mass is 9.86. The molecule has 0 amide bonds. The van der Waals surface area contributed by atoms with Gasteiger partial charge < -0.3 is 5.32 Å². The van der Waals surface area contributed by atoms with Gasteiger partial charge >= 0.3 is 6.18 Å². The van der Waals surface area contributed by atoms with Crippen molar-refractivity contribution in [2.45, 2.75) is 66.2 Å². The van der Waals surface area contributed by atoms with Crippen LogP contribution in [0.25, 0.3) is 0 Å². The molecule has 116 valence electrons. The van der Waals surface area contributed by atoms with E-state index in [4.69, 9.17) is 0 Å². The summed E-state index contributed by atoms with van der Waals surface area (Å²) >= 11 is 0. The first-order valence-electron chi connectivity index (χ1n) is 7.03. The van der Waals surface area contributed by atoms with E-state index in [1.165, 1.54) is 4.90 Å². The Morgan fingerprint density at radius 2 is 1.58 bits per heavy atom. The highest BCUT2D eigenvalue weighted by molar-refractivity contribution is 4.82. The number of hydrogen-bond donors (Lipinski definition) is 1. The van der Waals surface area contributed by atoms with Crippen LogP contribution in [0.2, 0.25) is 0 Å². The first-order valence-corrected chi connectivity index (χ1v) is 7.03. The van der Waals surface area contributed by atoms with Crippen molar-refractivity contribution in [1.82, 2.24) is 10.2 Å². The Kier molecular flexibility index (Phi) is 7.37. The van der Waals surface area contributed by atoms with Crippen molar-refractivity contribution in [1.29, 1.82) is 0 Å². The Morgan fingerprint density at radius 1 is 1.05 bits per heavy atom. The number of rotatable bonds is 8. The zero-order valence-electron chi connectivity index (χ0n) is 13.1. The topological polar surface area (TPSA) is 15.3 Å². The monoisotopic (exact) mass is 282 g/mol. The summed E-state index contributed by atoms with van der Waals surface area (Å²) in [7, 11) is 0. The van der Waals surface area contributed by atoms with E-state index >= 15 is 0 Å². The molecule has 0 saturated heterocycles. The fourth-order valence-electron chi connectivity index (χ4n) is 1.88. The Balaban J connectivity index is 4.68. The summed E-state index contributed by atoms with van der Waals surface area (Å²) in [6, 6.07) is 0.243. The predicted octanol–water partition coefficient (Wildman–Crippen LogP) is 3.67. The van der Waals surface area contributed by atoms with Crippen LogP contribution in [0.4, 0.5) is 13.2 Å². The van der Waals surface area contributed by atoms with Crippen molar-refractivity contribution in [3.63, 3.8) is 0 Å². The van der Waals surface area contributed by atoms with Gasteiger partial charge in [-0.2, -0.15) is 13.2 Å². The maximum Gasteiger partial charge on any atom is 0.401 e. The van der Waals surface area contributed by atoms with Gasteiger partial charge in [0.2, 0.25) is 0 Å². The van der Waals surface area contributed by atoms with Crippen LogP contribution in [0.15, 0.2) is 0 Å². The number of alkyl halides is 3. The Labute approximate surface area is 115 Å². The zero-order valence-corrected chi connectivity index (χ0v) is 13.1. The summed E-state index contributed by atoms with van der Waals surface area (Å²) in [6.07, 6.45) is -3.28. The maximum absolute atomic E-state index is 12.6. The van der Waals surface area contributed by atoms with Gasteiger partial charge in [-0.25, -0.2) is 0 Å². The van der Waals surface area contributed by atoms with Crippen LogP contribution in [0.3, 0.4) is 0 Å². The van der Waals surface area contributed by atoms with E-state index in [0.29, 0.717) is 12.6 Å². The third-order valence-electron chi connectivity index (χ3n) is 3.49. The number of nitrogens with one attached hydrogen (secondary N) is 1. The molecule has 0 rings (SSSR count). The second kappa shape index (κ2) is 7.48. The minimum Gasteiger partial charge on any atom is -0.314 e. The highest BCUT2D eigenvalue weighted by Crippen LogP contribution is 2.26. The van der Waals surface area contributed by atoms with E-state index in [1.54, 1.807) is 0 Å².